The third-order valence-corrected chi connectivity index (χ3v) is 2.00. The molecule has 0 radical (unpaired) electrons. The van der Waals surface area contributed by atoms with Crippen LogP contribution in [0.25, 0.3) is 0 Å². The second kappa shape index (κ2) is 4.81. The van der Waals surface area contributed by atoms with E-state index in [0.717, 1.165) is 0 Å². The van der Waals surface area contributed by atoms with E-state index >= 15 is 0 Å². The molecule has 0 fully saturated rings. The zero-order chi connectivity index (χ0) is 10.6. The van der Waals surface area contributed by atoms with E-state index in [1.54, 1.807) is 24.9 Å². The molecule has 1 atom stereocenters. The lowest BCUT2D eigenvalue weighted by Crippen LogP contribution is -2.29. The smallest absolute Gasteiger partial charge is 0.256 e. The summed E-state index contributed by atoms with van der Waals surface area (Å²) in [5.41, 5.74) is 0.540. The highest BCUT2D eigenvalue weighted by molar-refractivity contribution is 5.93. The molecule has 1 amide bonds. The van der Waals surface area contributed by atoms with Gasteiger partial charge in [0, 0.05) is 13.6 Å². The number of furan rings is 1. The molecule has 4 heteroatoms. The summed E-state index contributed by atoms with van der Waals surface area (Å²) in [7, 11) is 1.71. The van der Waals surface area contributed by atoms with E-state index in [4.69, 9.17) is 9.52 Å². The predicted octanol–water partition coefficient (Wildman–Crippen LogP) is 1.12. The van der Waals surface area contributed by atoms with Gasteiger partial charge in [-0.15, -0.1) is 0 Å². The lowest BCUT2D eigenvalue weighted by Gasteiger charge is -2.16. The molecule has 0 aliphatic carbocycles. The maximum absolute atomic E-state index is 11.6. The fourth-order valence-electron chi connectivity index (χ4n) is 1.09. The molecule has 0 spiro atoms. The summed E-state index contributed by atoms with van der Waals surface area (Å²) in [5.74, 6) is -0.0839. The monoisotopic (exact) mass is 197 g/mol. The number of carbonyl (C=O) groups excluding carboxylic acids is 1. The summed E-state index contributed by atoms with van der Waals surface area (Å²) in [6, 6.07) is 1.63. The first kappa shape index (κ1) is 10.8. The summed E-state index contributed by atoms with van der Waals surface area (Å²) in [4.78, 5) is 13.2. The van der Waals surface area contributed by atoms with Crippen LogP contribution >= 0.6 is 0 Å². The largest absolute Gasteiger partial charge is 0.472 e. The van der Waals surface area contributed by atoms with Crippen LogP contribution in [-0.2, 0) is 0 Å². The van der Waals surface area contributed by atoms with E-state index < -0.39 is 0 Å². The van der Waals surface area contributed by atoms with Crippen LogP contribution in [0.5, 0.6) is 0 Å². The highest BCUT2D eigenvalue weighted by Crippen LogP contribution is 2.05. The molecule has 1 aromatic rings. The molecule has 4 nitrogen and oxygen atoms in total. The second-order valence-electron chi connectivity index (χ2n) is 3.38. The highest BCUT2D eigenvalue weighted by Gasteiger charge is 2.12. The lowest BCUT2D eigenvalue weighted by atomic mass is 10.2. The molecular weight excluding hydrogens is 182 g/mol. The van der Waals surface area contributed by atoms with Crippen molar-refractivity contribution >= 4 is 5.91 Å². The minimum atomic E-state index is -0.380. The van der Waals surface area contributed by atoms with Gasteiger partial charge in [-0.3, -0.25) is 4.79 Å². The Bertz CT molecular complexity index is 280. The van der Waals surface area contributed by atoms with Gasteiger partial charge in [-0.05, 0) is 19.4 Å². The lowest BCUT2D eigenvalue weighted by molar-refractivity contribution is 0.0768. The van der Waals surface area contributed by atoms with Gasteiger partial charge in [0.1, 0.15) is 6.26 Å². The van der Waals surface area contributed by atoms with E-state index in [2.05, 4.69) is 0 Å². The van der Waals surface area contributed by atoms with Crippen LogP contribution in [0, 0.1) is 0 Å². The van der Waals surface area contributed by atoms with Gasteiger partial charge in [0.05, 0.1) is 17.9 Å². The average molecular weight is 197 g/mol. The van der Waals surface area contributed by atoms with Crippen LogP contribution in [-0.4, -0.2) is 35.6 Å². The first-order valence-electron chi connectivity index (χ1n) is 4.57. The number of rotatable bonds is 4. The average Bonchev–Trinajstić information content (AvgIpc) is 2.65. The number of hydrogen-bond acceptors (Lipinski definition) is 3. The van der Waals surface area contributed by atoms with Gasteiger partial charge in [0.15, 0.2) is 0 Å². The molecule has 14 heavy (non-hydrogen) atoms. The van der Waals surface area contributed by atoms with E-state index in [1.165, 1.54) is 12.5 Å². The molecule has 0 aromatic carbocycles. The van der Waals surface area contributed by atoms with Gasteiger partial charge in [0.25, 0.3) is 5.91 Å². The van der Waals surface area contributed by atoms with Crippen molar-refractivity contribution in [2.24, 2.45) is 0 Å². The van der Waals surface area contributed by atoms with E-state index in [-0.39, 0.29) is 12.0 Å². The molecule has 0 saturated heterocycles. The van der Waals surface area contributed by atoms with Crippen molar-refractivity contribution in [3.8, 4) is 0 Å². The van der Waals surface area contributed by atoms with Gasteiger partial charge in [-0.25, -0.2) is 0 Å². The van der Waals surface area contributed by atoms with Crippen LogP contribution in [0.15, 0.2) is 23.0 Å². The highest BCUT2D eigenvalue weighted by atomic mass is 16.3. The Labute approximate surface area is 83.1 Å². The first-order valence-corrected chi connectivity index (χ1v) is 4.57. The zero-order valence-electron chi connectivity index (χ0n) is 8.43. The van der Waals surface area contributed by atoms with Crippen molar-refractivity contribution in [2.45, 2.75) is 19.4 Å². The van der Waals surface area contributed by atoms with Crippen LogP contribution in [0.2, 0.25) is 0 Å². The minimum Gasteiger partial charge on any atom is -0.472 e. The Hall–Kier alpha value is -1.29. The first-order chi connectivity index (χ1) is 6.61. The summed E-state index contributed by atoms with van der Waals surface area (Å²) in [5, 5.41) is 9.06. The van der Waals surface area contributed by atoms with Gasteiger partial charge in [0.2, 0.25) is 0 Å². The molecular formula is C10H15NO3. The molecule has 1 rings (SSSR count). The molecule has 78 valence electrons. The molecule has 0 aliphatic rings. The quantitative estimate of drug-likeness (QED) is 0.787. The molecule has 0 aliphatic heterocycles. The van der Waals surface area contributed by atoms with Gasteiger partial charge < -0.3 is 14.4 Å². The Morgan fingerprint density at radius 3 is 2.93 bits per heavy atom. The third kappa shape index (κ3) is 2.88. The van der Waals surface area contributed by atoms with E-state index in [9.17, 15) is 4.79 Å². The molecule has 0 saturated carbocycles. The standard InChI is InChI=1S/C10H15NO3/c1-8(12)3-5-11(2)10(13)9-4-6-14-7-9/h4,6-8,12H,3,5H2,1-2H3. The van der Waals surface area contributed by atoms with E-state index in [0.29, 0.717) is 18.5 Å². The molecule has 1 heterocycles. The topological polar surface area (TPSA) is 53.7 Å². The van der Waals surface area contributed by atoms with Crippen LogP contribution < -0.4 is 0 Å². The number of aliphatic hydroxyl groups is 1. The van der Waals surface area contributed by atoms with Gasteiger partial charge in [-0.1, -0.05) is 0 Å². The summed E-state index contributed by atoms with van der Waals surface area (Å²) in [6.07, 6.45) is 3.09. The maximum Gasteiger partial charge on any atom is 0.256 e. The molecule has 1 N–H and O–H groups in total. The molecule has 1 unspecified atom stereocenters. The number of carbonyl (C=O) groups is 1. The van der Waals surface area contributed by atoms with Crippen LogP contribution in [0.3, 0.4) is 0 Å². The van der Waals surface area contributed by atoms with Gasteiger partial charge >= 0.3 is 0 Å². The maximum atomic E-state index is 11.6. The summed E-state index contributed by atoms with van der Waals surface area (Å²) >= 11 is 0. The third-order valence-electron chi connectivity index (χ3n) is 2.00. The van der Waals surface area contributed by atoms with Crippen LogP contribution in [0.4, 0.5) is 0 Å². The number of hydrogen-bond donors (Lipinski definition) is 1. The van der Waals surface area contributed by atoms with Crippen molar-refractivity contribution in [3.05, 3.63) is 24.2 Å². The minimum absolute atomic E-state index is 0.0839. The Morgan fingerprint density at radius 1 is 1.71 bits per heavy atom. The number of nitrogens with zero attached hydrogens (tertiary/aromatic N) is 1. The van der Waals surface area contributed by atoms with Crippen molar-refractivity contribution in [1.29, 1.82) is 0 Å². The van der Waals surface area contributed by atoms with Gasteiger partial charge in [-0.2, -0.15) is 0 Å². The molecule has 1 aromatic heterocycles. The van der Waals surface area contributed by atoms with Crippen LogP contribution in [0.1, 0.15) is 23.7 Å². The fourth-order valence-corrected chi connectivity index (χ4v) is 1.09. The predicted molar refractivity (Wildman–Crippen MR) is 52.0 cm³/mol. The normalized spacial score (nSPS) is 12.5. The summed E-state index contributed by atoms with van der Waals surface area (Å²) in [6.45, 7) is 2.25. The Balaban J connectivity index is 2.45. The second-order valence-corrected chi connectivity index (χ2v) is 3.38. The van der Waals surface area contributed by atoms with Crippen molar-refractivity contribution in [1.82, 2.24) is 4.90 Å². The van der Waals surface area contributed by atoms with E-state index in [1.807, 2.05) is 0 Å². The zero-order valence-corrected chi connectivity index (χ0v) is 8.43. The SMILES string of the molecule is CC(O)CCN(C)C(=O)c1ccoc1. The van der Waals surface area contributed by atoms with Crippen molar-refractivity contribution in [2.75, 3.05) is 13.6 Å². The number of amides is 1. The number of aliphatic hydroxyl groups excluding tert-OH is 1. The Kier molecular flexibility index (Phi) is 3.71. The fraction of sp³-hybridized carbons (Fsp3) is 0.500. The van der Waals surface area contributed by atoms with Crippen molar-refractivity contribution in [3.63, 3.8) is 0 Å². The Morgan fingerprint density at radius 2 is 2.43 bits per heavy atom. The molecule has 0 bridgehead atoms. The summed E-state index contributed by atoms with van der Waals surface area (Å²) < 4.78 is 4.81. The van der Waals surface area contributed by atoms with Crippen molar-refractivity contribution < 1.29 is 14.3 Å².